The zero-order chi connectivity index (χ0) is 20.1. The molecule has 0 unspecified atom stereocenters. The van der Waals surface area contributed by atoms with Gasteiger partial charge < -0.3 is 9.84 Å². The molecule has 0 fully saturated rings. The molecule has 0 aliphatic carbocycles. The molecule has 1 N–H and O–H groups in total. The first-order valence-electron chi connectivity index (χ1n) is 7.19. The van der Waals surface area contributed by atoms with Gasteiger partial charge in [-0.05, 0) is 24.3 Å². The van der Waals surface area contributed by atoms with E-state index in [1.807, 2.05) is 0 Å². The van der Waals surface area contributed by atoms with Crippen LogP contribution in [0.25, 0.3) is 0 Å². The van der Waals surface area contributed by atoms with E-state index in [1.54, 1.807) is 0 Å². The Hall–Kier alpha value is -4.15. The van der Waals surface area contributed by atoms with Crippen molar-refractivity contribution in [2.45, 2.75) is 6.42 Å². The molecule has 0 spiro atoms. The molecule has 2 rings (SSSR count). The zero-order valence-electron chi connectivity index (χ0n) is 13.4. The molecule has 0 heterocycles. The molecule has 0 amide bonds. The molecule has 27 heavy (non-hydrogen) atoms. The number of ether oxygens (including phenoxy) is 1. The lowest BCUT2D eigenvalue weighted by Crippen LogP contribution is -2.14. The minimum absolute atomic E-state index is 0.0607. The Morgan fingerprint density at radius 2 is 1.52 bits per heavy atom. The van der Waals surface area contributed by atoms with Gasteiger partial charge in [-0.2, -0.15) is 0 Å². The van der Waals surface area contributed by atoms with E-state index in [2.05, 4.69) is 4.74 Å². The van der Waals surface area contributed by atoms with Gasteiger partial charge in [0, 0.05) is 29.3 Å². The number of nitro benzene ring substituents is 2. The lowest BCUT2D eigenvalue weighted by Gasteiger charge is -2.06. The van der Waals surface area contributed by atoms with Crippen molar-refractivity contribution >= 4 is 29.1 Å². The van der Waals surface area contributed by atoms with Gasteiger partial charge in [0.25, 0.3) is 5.69 Å². The number of hydrogen-bond donors (Lipinski definition) is 1. The highest BCUT2D eigenvalue weighted by atomic mass is 16.6. The fraction of sp³-hybridized carbons (Fsp3) is 0.0625. The molecule has 0 radical (unpaired) electrons. The number of carboxylic acid groups (broad SMARTS) is 1. The van der Waals surface area contributed by atoms with Gasteiger partial charge in [0.2, 0.25) is 5.75 Å². The van der Waals surface area contributed by atoms with Crippen LogP contribution >= 0.6 is 0 Å². The van der Waals surface area contributed by atoms with Crippen LogP contribution in [-0.2, 0) is 9.59 Å². The SMILES string of the molecule is O=C(O)CC(=O)Oc1ccc(C(=O)c2ccc([N+](=O)[O-])cc2)cc1[N+](=O)[O-]. The number of aliphatic carboxylic acids is 1. The molecule has 0 saturated heterocycles. The maximum absolute atomic E-state index is 12.4. The van der Waals surface area contributed by atoms with Gasteiger partial charge in [0.05, 0.1) is 9.85 Å². The number of hydrogen-bond acceptors (Lipinski definition) is 8. The van der Waals surface area contributed by atoms with Gasteiger partial charge in [-0.3, -0.25) is 34.6 Å². The van der Waals surface area contributed by atoms with Gasteiger partial charge in [-0.15, -0.1) is 0 Å². The van der Waals surface area contributed by atoms with E-state index in [-0.39, 0.29) is 16.8 Å². The van der Waals surface area contributed by atoms with Crippen molar-refractivity contribution in [1.29, 1.82) is 0 Å². The fourth-order valence-electron chi connectivity index (χ4n) is 2.07. The Balaban J connectivity index is 2.32. The third-order valence-electron chi connectivity index (χ3n) is 3.28. The highest BCUT2D eigenvalue weighted by Gasteiger charge is 2.22. The fourth-order valence-corrected chi connectivity index (χ4v) is 2.07. The van der Waals surface area contributed by atoms with Crippen LogP contribution in [0.4, 0.5) is 11.4 Å². The molecule has 11 heteroatoms. The van der Waals surface area contributed by atoms with Gasteiger partial charge in [0.15, 0.2) is 5.78 Å². The molecule has 2 aromatic rings. The number of carbonyl (C=O) groups excluding carboxylic acids is 2. The maximum atomic E-state index is 12.4. The molecule has 0 aliphatic heterocycles. The summed E-state index contributed by atoms with van der Waals surface area (Å²) in [6.45, 7) is 0. The van der Waals surface area contributed by atoms with E-state index in [1.165, 1.54) is 12.1 Å². The first kappa shape index (κ1) is 19.2. The summed E-state index contributed by atoms with van der Waals surface area (Å²) in [5.74, 6) is -3.82. The van der Waals surface area contributed by atoms with Gasteiger partial charge in [0.1, 0.15) is 6.42 Å². The number of ketones is 1. The van der Waals surface area contributed by atoms with E-state index < -0.39 is 45.4 Å². The standard InChI is InChI=1S/C16H10N2O9/c19-14(20)8-15(21)27-13-6-3-10(7-12(13)18(25)26)16(22)9-1-4-11(5-2-9)17(23)24/h1-7H,8H2,(H,19,20). The molecular formula is C16H10N2O9. The second-order valence-electron chi connectivity index (χ2n) is 5.12. The Bertz CT molecular complexity index is 951. The number of carboxylic acids is 1. The summed E-state index contributed by atoms with van der Waals surface area (Å²) < 4.78 is 4.65. The van der Waals surface area contributed by atoms with Gasteiger partial charge >= 0.3 is 17.6 Å². The predicted octanol–water partition coefficient (Wildman–Crippen LogP) is 2.11. The Morgan fingerprint density at radius 1 is 0.926 bits per heavy atom. The first-order chi connectivity index (χ1) is 12.7. The number of benzene rings is 2. The van der Waals surface area contributed by atoms with Crippen LogP contribution in [-0.4, -0.2) is 32.7 Å². The number of nitro groups is 2. The number of carbonyl (C=O) groups is 3. The minimum Gasteiger partial charge on any atom is -0.481 e. The van der Waals surface area contributed by atoms with Crippen molar-refractivity contribution in [1.82, 2.24) is 0 Å². The lowest BCUT2D eigenvalue weighted by atomic mass is 10.0. The summed E-state index contributed by atoms with van der Waals surface area (Å²) in [4.78, 5) is 54.5. The molecule has 0 saturated carbocycles. The quantitative estimate of drug-likeness (QED) is 0.190. The second-order valence-corrected chi connectivity index (χ2v) is 5.12. The summed E-state index contributed by atoms with van der Waals surface area (Å²) in [7, 11) is 0. The average molecular weight is 374 g/mol. The summed E-state index contributed by atoms with van der Waals surface area (Å²) in [6, 6.07) is 7.65. The smallest absolute Gasteiger partial charge is 0.322 e. The van der Waals surface area contributed by atoms with Crippen molar-refractivity contribution in [3.8, 4) is 5.75 Å². The number of non-ortho nitro benzene ring substituents is 1. The zero-order valence-corrected chi connectivity index (χ0v) is 13.4. The second kappa shape index (κ2) is 7.82. The van der Waals surface area contributed by atoms with Crippen LogP contribution in [0.1, 0.15) is 22.3 Å². The topological polar surface area (TPSA) is 167 Å². The van der Waals surface area contributed by atoms with Gasteiger partial charge in [-0.25, -0.2) is 0 Å². The van der Waals surface area contributed by atoms with Crippen molar-refractivity contribution in [2.24, 2.45) is 0 Å². The van der Waals surface area contributed by atoms with E-state index in [0.29, 0.717) is 0 Å². The van der Waals surface area contributed by atoms with Crippen molar-refractivity contribution in [3.05, 3.63) is 73.8 Å². The average Bonchev–Trinajstić information content (AvgIpc) is 2.60. The van der Waals surface area contributed by atoms with Crippen LogP contribution in [0.3, 0.4) is 0 Å². The predicted molar refractivity (Wildman–Crippen MR) is 87.5 cm³/mol. The summed E-state index contributed by atoms with van der Waals surface area (Å²) in [5, 5.41) is 30.3. The molecule has 0 aromatic heterocycles. The maximum Gasteiger partial charge on any atom is 0.322 e. The summed E-state index contributed by atoms with van der Waals surface area (Å²) in [6.07, 6.45) is -0.985. The number of nitrogens with zero attached hydrogens (tertiary/aromatic N) is 2. The van der Waals surface area contributed by atoms with Crippen LogP contribution < -0.4 is 4.74 Å². The molecule has 138 valence electrons. The van der Waals surface area contributed by atoms with Gasteiger partial charge in [-0.1, -0.05) is 0 Å². The Morgan fingerprint density at radius 3 is 2.04 bits per heavy atom. The normalized spacial score (nSPS) is 10.1. The van der Waals surface area contributed by atoms with Crippen molar-refractivity contribution in [2.75, 3.05) is 0 Å². The van der Waals surface area contributed by atoms with Crippen LogP contribution in [0, 0.1) is 20.2 Å². The van der Waals surface area contributed by atoms with Crippen LogP contribution in [0.2, 0.25) is 0 Å². The third kappa shape index (κ3) is 4.69. The monoisotopic (exact) mass is 374 g/mol. The molecule has 0 aliphatic rings. The van der Waals surface area contributed by atoms with Crippen LogP contribution in [0.5, 0.6) is 5.75 Å². The van der Waals surface area contributed by atoms with E-state index in [4.69, 9.17) is 5.11 Å². The summed E-state index contributed by atoms with van der Waals surface area (Å²) in [5.41, 5.74) is -0.987. The molecule has 0 bridgehead atoms. The van der Waals surface area contributed by atoms with E-state index in [0.717, 1.165) is 30.3 Å². The van der Waals surface area contributed by atoms with E-state index in [9.17, 15) is 34.6 Å². The number of esters is 1. The van der Waals surface area contributed by atoms with Crippen molar-refractivity contribution < 1.29 is 34.1 Å². The Labute approximate surface area is 150 Å². The third-order valence-corrected chi connectivity index (χ3v) is 3.28. The first-order valence-corrected chi connectivity index (χ1v) is 7.19. The number of rotatable bonds is 7. The van der Waals surface area contributed by atoms with E-state index >= 15 is 0 Å². The largest absolute Gasteiger partial charge is 0.481 e. The highest BCUT2D eigenvalue weighted by Crippen LogP contribution is 2.29. The van der Waals surface area contributed by atoms with Crippen LogP contribution in [0.15, 0.2) is 42.5 Å². The molecular weight excluding hydrogens is 364 g/mol. The Kier molecular flexibility index (Phi) is 5.56. The molecule has 2 aromatic carbocycles. The van der Waals surface area contributed by atoms with Crippen molar-refractivity contribution in [3.63, 3.8) is 0 Å². The highest BCUT2D eigenvalue weighted by molar-refractivity contribution is 6.09. The molecule has 0 atom stereocenters. The lowest BCUT2D eigenvalue weighted by molar-refractivity contribution is -0.385. The summed E-state index contributed by atoms with van der Waals surface area (Å²) >= 11 is 0. The molecule has 11 nitrogen and oxygen atoms in total. The minimum atomic E-state index is -1.47.